The fourth-order valence-electron chi connectivity index (χ4n) is 7.00. The zero-order chi connectivity index (χ0) is 53.4. The summed E-state index contributed by atoms with van der Waals surface area (Å²) in [7, 11) is -10.4. The lowest BCUT2D eigenvalue weighted by Gasteiger charge is -2.46. The minimum atomic E-state index is -5.34. The van der Waals surface area contributed by atoms with Gasteiger partial charge in [-0.15, -0.1) is 0 Å². The van der Waals surface area contributed by atoms with Crippen LogP contribution in [0.4, 0.5) is 0 Å². The molecule has 0 aromatic rings. The molecule has 0 bridgehead atoms. The van der Waals surface area contributed by atoms with E-state index in [0.717, 1.165) is 44.9 Å². The third kappa shape index (κ3) is 29.3. The lowest BCUT2D eigenvalue weighted by atomic mass is 9.96. The van der Waals surface area contributed by atoms with Crippen LogP contribution in [0.15, 0.2) is 0 Å². The number of aliphatic hydroxyl groups excluding tert-OH is 3. The van der Waals surface area contributed by atoms with Crippen molar-refractivity contribution in [2.75, 3.05) is 85.7 Å². The number of hydrogen-bond donors (Lipinski definition) is 10. The zero-order valence-electron chi connectivity index (χ0n) is 40.8. The van der Waals surface area contributed by atoms with Crippen LogP contribution < -0.4 is 21.7 Å². The molecule has 0 radical (unpaired) electrons. The molecule has 72 heavy (non-hydrogen) atoms. The van der Waals surface area contributed by atoms with E-state index in [4.69, 9.17) is 48.2 Å². The summed E-state index contributed by atoms with van der Waals surface area (Å²) in [5, 5.41) is 50.1. The van der Waals surface area contributed by atoms with Gasteiger partial charge in [0.1, 0.15) is 30.5 Å². The third-order valence-corrected chi connectivity index (χ3v) is 11.8. The van der Waals surface area contributed by atoms with Gasteiger partial charge in [0.2, 0.25) is 17.7 Å². The highest BCUT2D eigenvalue weighted by Crippen LogP contribution is 2.31. The first-order chi connectivity index (χ1) is 34.2. The van der Waals surface area contributed by atoms with E-state index in [2.05, 4.69) is 31.2 Å². The number of aliphatic hydroxyl groups is 3. The Bertz CT molecular complexity index is 1750. The van der Waals surface area contributed by atoms with E-state index in [9.17, 15) is 61.0 Å². The molecule has 3 amide bonds. The number of ether oxygens (including phenoxy) is 8. The van der Waals surface area contributed by atoms with Gasteiger partial charge in [0, 0.05) is 52.1 Å². The molecule has 28 nitrogen and oxygen atoms in total. The van der Waals surface area contributed by atoms with Crippen LogP contribution >= 0.6 is 0 Å². The Balaban J connectivity index is 1.51. The van der Waals surface area contributed by atoms with E-state index in [1.165, 1.54) is 0 Å². The summed E-state index contributed by atoms with van der Waals surface area (Å²) in [6.07, 6.45) is -8.37. The molecule has 2 fully saturated rings. The van der Waals surface area contributed by atoms with Crippen LogP contribution in [0.25, 0.3) is 0 Å². The van der Waals surface area contributed by atoms with E-state index < -0.39 is 94.7 Å². The monoisotopic (exact) mass is 1090 g/mol. The molecule has 0 aromatic carbocycles. The molecular formula is C42H78N4O24S2. The van der Waals surface area contributed by atoms with Crippen LogP contribution in [0, 0.1) is 0 Å². The topological polar surface area (TPSA) is 412 Å². The van der Waals surface area contributed by atoms with Gasteiger partial charge < -0.3 is 80.0 Å². The van der Waals surface area contributed by atoms with Crippen LogP contribution in [0.5, 0.6) is 0 Å². The molecule has 2 rings (SSSR count). The molecule has 0 spiro atoms. The van der Waals surface area contributed by atoms with Crippen LogP contribution in [0.1, 0.15) is 96.8 Å². The van der Waals surface area contributed by atoms with Gasteiger partial charge in [0.25, 0.3) is 0 Å². The number of hydrogen-bond acceptors (Lipinski definition) is 22. The summed E-state index contributed by atoms with van der Waals surface area (Å²) in [4.78, 5) is 48.2. The lowest BCUT2D eigenvalue weighted by molar-refractivity contribution is -0.336. The largest absolute Gasteiger partial charge is 0.479 e. The second kappa shape index (κ2) is 37.0. The zero-order valence-corrected chi connectivity index (χ0v) is 42.4. The highest BCUT2D eigenvalue weighted by Gasteiger charge is 2.54. The van der Waals surface area contributed by atoms with Crippen molar-refractivity contribution < 1.29 is 112 Å². The Hall–Kier alpha value is -2.86. The Morgan fingerprint density at radius 2 is 1.08 bits per heavy atom. The number of carboxylic acids is 1. The Morgan fingerprint density at radius 3 is 1.67 bits per heavy atom. The highest BCUT2D eigenvalue weighted by atomic mass is 32.3. The average Bonchev–Trinajstić information content (AvgIpc) is 3.31. The van der Waals surface area contributed by atoms with Gasteiger partial charge in [-0.2, -0.15) is 16.8 Å². The minimum Gasteiger partial charge on any atom is -0.479 e. The number of nitrogens with one attached hydrogen (secondary N) is 3. The van der Waals surface area contributed by atoms with Crippen molar-refractivity contribution in [3.8, 4) is 0 Å². The summed E-state index contributed by atoms with van der Waals surface area (Å²) in [6, 6.07) is -1.68. The molecule has 10 atom stereocenters. The Labute approximate surface area is 420 Å². The molecule has 2 aliphatic heterocycles. The van der Waals surface area contributed by atoms with Gasteiger partial charge in [-0.05, 0) is 32.1 Å². The predicted octanol–water partition coefficient (Wildman–Crippen LogP) is -1.76. The molecule has 2 aliphatic rings. The molecule has 0 saturated carbocycles. The lowest BCUT2D eigenvalue weighted by Crippen LogP contribution is -2.67. The number of nitrogens with two attached hydrogens (primary N) is 1. The summed E-state index contributed by atoms with van der Waals surface area (Å²) < 4.78 is 116. The summed E-state index contributed by atoms with van der Waals surface area (Å²) >= 11 is 0. The Morgan fingerprint density at radius 1 is 0.556 bits per heavy atom. The summed E-state index contributed by atoms with van der Waals surface area (Å²) in [5.74, 6) is -2.00. The van der Waals surface area contributed by atoms with Crippen LogP contribution in [0.2, 0.25) is 0 Å². The summed E-state index contributed by atoms with van der Waals surface area (Å²) in [5.41, 5.74) is 5.86. The third-order valence-electron chi connectivity index (χ3n) is 10.9. The number of carbonyl (C=O) groups excluding carboxylic acids is 3. The van der Waals surface area contributed by atoms with Crippen molar-refractivity contribution in [1.29, 1.82) is 0 Å². The van der Waals surface area contributed by atoms with E-state index in [1.807, 2.05) is 0 Å². The molecule has 0 aliphatic carbocycles. The van der Waals surface area contributed by atoms with Gasteiger partial charge in [-0.1, -0.05) is 45.4 Å². The molecule has 11 N–H and O–H groups in total. The van der Waals surface area contributed by atoms with Gasteiger partial charge in [0.05, 0.1) is 58.9 Å². The highest BCUT2D eigenvalue weighted by molar-refractivity contribution is 7.81. The molecular weight excluding hydrogens is 1010 g/mol. The van der Waals surface area contributed by atoms with Crippen LogP contribution in [-0.2, 0) is 86.2 Å². The van der Waals surface area contributed by atoms with E-state index >= 15 is 0 Å². The Kier molecular flexibility index (Phi) is 33.5. The second-order valence-electron chi connectivity index (χ2n) is 16.8. The molecule has 10 unspecified atom stereocenters. The number of carboxylic acid groups (broad SMARTS) is 1. The van der Waals surface area contributed by atoms with E-state index in [1.54, 1.807) is 0 Å². The predicted molar refractivity (Wildman–Crippen MR) is 248 cm³/mol. The normalized spacial score (nSPS) is 24.7. The molecule has 30 heteroatoms. The maximum Gasteiger partial charge on any atom is 0.397 e. The van der Waals surface area contributed by atoms with Gasteiger partial charge in [-0.3, -0.25) is 23.5 Å². The average molecular weight is 1090 g/mol. The first-order valence-electron chi connectivity index (χ1n) is 24.2. The van der Waals surface area contributed by atoms with Crippen molar-refractivity contribution in [3.63, 3.8) is 0 Å². The fourth-order valence-corrected chi connectivity index (χ4v) is 7.79. The SMILES string of the molecule is CCCCOCCC(=O)NCCCCCCCC(=O)NCCOCCOCCOCCC(=O)NCCCCCCOC1OC(C(=O)O)C(OC2OC(COS(=O)(=O)O)C(O)C(O)C2N)C(O)C1OS(=O)(=O)O. The standard InChI is InChI=1S/C42H78N4O24S2/c1-2-3-19-61-21-14-31(48)44-16-10-6-4-5-9-13-30(47)46-18-23-63-25-27-64-26-24-62-22-15-32(49)45-17-11-7-8-12-20-65-42-38(70-72(58,59)60)36(52)37(39(69-42)40(53)54)68-41-33(43)35(51)34(50)29(67-41)28-66-71(55,56)57/h29,33-39,41-42,50-52H,2-28,43H2,1H3,(H,44,48)(H,45,49)(H,46,47)(H,53,54)(H,55,56,57)(H,58,59,60). The van der Waals surface area contributed by atoms with Crippen LogP contribution in [-0.4, -0.2) is 217 Å². The van der Waals surface area contributed by atoms with Crippen LogP contribution in [0.3, 0.4) is 0 Å². The van der Waals surface area contributed by atoms with Crippen molar-refractivity contribution >= 4 is 44.5 Å². The van der Waals surface area contributed by atoms with Crippen molar-refractivity contribution in [2.24, 2.45) is 5.73 Å². The van der Waals surface area contributed by atoms with E-state index in [0.29, 0.717) is 97.8 Å². The maximum absolute atomic E-state index is 12.2. The quantitative estimate of drug-likeness (QED) is 0.0239. The first-order valence-corrected chi connectivity index (χ1v) is 27.0. The summed E-state index contributed by atoms with van der Waals surface area (Å²) in [6.45, 7) is 5.18. The molecule has 0 aromatic heterocycles. The molecule has 2 heterocycles. The number of aliphatic carboxylic acids is 1. The smallest absolute Gasteiger partial charge is 0.397 e. The van der Waals surface area contributed by atoms with Gasteiger partial charge in [-0.25, -0.2) is 13.2 Å². The van der Waals surface area contributed by atoms with Gasteiger partial charge in [0.15, 0.2) is 24.8 Å². The number of unbranched alkanes of at least 4 members (excludes halogenated alkanes) is 8. The first kappa shape index (κ1) is 65.3. The number of amides is 3. The van der Waals surface area contributed by atoms with E-state index in [-0.39, 0.29) is 44.0 Å². The van der Waals surface area contributed by atoms with Gasteiger partial charge >= 0.3 is 26.8 Å². The fraction of sp³-hybridized carbons (Fsp3) is 0.905. The second-order valence-corrected chi connectivity index (χ2v) is 19.0. The minimum absolute atomic E-state index is 0.0103. The number of rotatable bonds is 42. The number of carbonyl (C=O) groups is 4. The van der Waals surface area contributed by atoms with Crippen molar-refractivity contribution in [3.05, 3.63) is 0 Å². The van der Waals surface area contributed by atoms with Crippen molar-refractivity contribution in [1.82, 2.24) is 16.0 Å². The molecule has 422 valence electrons. The van der Waals surface area contributed by atoms with Crippen molar-refractivity contribution in [2.45, 2.75) is 158 Å². The maximum atomic E-state index is 12.2. The molecule has 2 saturated heterocycles.